The molecule has 0 spiro atoms. The van der Waals surface area contributed by atoms with Crippen molar-refractivity contribution in [1.29, 1.82) is 0 Å². The van der Waals surface area contributed by atoms with Crippen LogP contribution >= 0.6 is 0 Å². The summed E-state index contributed by atoms with van der Waals surface area (Å²) >= 11 is 0. The number of aromatic nitrogens is 1. The summed E-state index contributed by atoms with van der Waals surface area (Å²) in [5, 5.41) is 18.4. The van der Waals surface area contributed by atoms with E-state index in [1.54, 1.807) is 17.7 Å². The molecule has 0 aliphatic heterocycles. The summed E-state index contributed by atoms with van der Waals surface area (Å²) in [6, 6.07) is 0.788. The van der Waals surface area contributed by atoms with Gasteiger partial charge in [-0.25, -0.2) is 9.59 Å². The monoisotopic (exact) mass is 265 g/mol. The molecule has 19 heavy (non-hydrogen) atoms. The summed E-state index contributed by atoms with van der Waals surface area (Å²) in [5.41, 5.74) is 0.933. The molecule has 0 radical (unpaired) electrons. The third-order valence-electron chi connectivity index (χ3n) is 3.95. The fourth-order valence-electron chi connectivity index (χ4n) is 2.90. The lowest BCUT2D eigenvalue weighted by atomic mass is 9.85. The number of carbonyl (C=O) groups is 2. The average molecular weight is 265 g/mol. The highest BCUT2D eigenvalue weighted by atomic mass is 16.4. The Labute approximate surface area is 111 Å². The number of rotatable bonds is 4. The lowest BCUT2D eigenvalue weighted by Gasteiger charge is -2.25. The van der Waals surface area contributed by atoms with Gasteiger partial charge in [-0.2, -0.15) is 0 Å². The molecule has 5 nitrogen and oxygen atoms in total. The maximum Gasteiger partial charge on any atom is 0.337 e. The minimum Gasteiger partial charge on any atom is -0.480 e. The summed E-state index contributed by atoms with van der Waals surface area (Å²) in [4.78, 5) is 22.5. The van der Waals surface area contributed by atoms with Crippen molar-refractivity contribution in [2.45, 2.75) is 51.0 Å². The van der Waals surface area contributed by atoms with E-state index in [1.807, 2.05) is 0 Å². The van der Waals surface area contributed by atoms with Crippen LogP contribution in [0.15, 0.2) is 12.3 Å². The van der Waals surface area contributed by atoms with Crippen LogP contribution in [0.25, 0.3) is 0 Å². The molecule has 0 aromatic carbocycles. The number of carboxylic acids is 2. The molecule has 1 heterocycles. The Bertz CT molecular complexity index is 486. The zero-order valence-corrected chi connectivity index (χ0v) is 11.0. The largest absolute Gasteiger partial charge is 0.480 e. The highest BCUT2D eigenvalue weighted by Crippen LogP contribution is 2.36. The summed E-state index contributed by atoms with van der Waals surface area (Å²) < 4.78 is 1.61. The third kappa shape index (κ3) is 2.64. The first-order chi connectivity index (χ1) is 9.02. The number of hydrogen-bond donors (Lipinski definition) is 2. The maximum absolute atomic E-state index is 11.3. The van der Waals surface area contributed by atoms with Crippen molar-refractivity contribution >= 4 is 11.9 Å². The van der Waals surface area contributed by atoms with E-state index < -0.39 is 18.0 Å². The first kappa shape index (κ1) is 13.6. The molecule has 0 saturated heterocycles. The van der Waals surface area contributed by atoms with Crippen LogP contribution in [-0.4, -0.2) is 26.7 Å². The molecule has 2 N–H and O–H groups in total. The molecule has 1 aliphatic rings. The van der Waals surface area contributed by atoms with E-state index in [-0.39, 0.29) is 11.5 Å². The Morgan fingerprint density at radius 3 is 2.42 bits per heavy atom. The number of aliphatic carboxylic acids is 1. The van der Waals surface area contributed by atoms with Gasteiger partial charge < -0.3 is 14.8 Å². The molecular weight excluding hydrogens is 246 g/mol. The van der Waals surface area contributed by atoms with Crippen LogP contribution in [0.1, 0.15) is 67.0 Å². The highest BCUT2D eigenvalue weighted by molar-refractivity contribution is 5.89. The van der Waals surface area contributed by atoms with E-state index in [0.29, 0.717) is 5.69 Å². The Kier molecular flexibility index (Phi) is 3.93. The van der Waals surface area contributed by atoms with Gasteiger partial charge in [0.15, 0.2) is 0 Å². The molecule has 1 aromatic heterocycles. The second-order valence-electron chi connectivity index (χ2n) is 5.18. The molecular formula is C14H19NO4. The predicted molar refractivity (Wildman–Crippen MR) is 69.6 cm³/mol. The van der Waals surface area contributed by atoms with Gasteiger partial charge in [0.25, 0.3) is 0 Å². The molecule has 0 amide bonds. The summed E-state index contributed by atoms with van der Waals surface area (Å²) in [5.74, 6) is -1.75. The molecule has 5 heteroatoms. The van der Waals surface area contributed by atoms with Crippen LogP contribution in [-0.2, 0) is 4.79 Å². The van der Waals surface area contributed by atoms with Gasteiger partial charge >= 0.3 is 11.9 Å². The van der Waals surface area contributed by atoms with Crippen molar-refractivity contribution in [2.24, 2.45) is 0 Å². The van der Waals surface area contributed by atoms with Gasteiger partial charge in [0, 0.05) is 17.8 Å². The van der Waals surface area contributed by atoms with Crippen molar-refractivity contribution in [3.05, 3.63) is 23.5 Å². The standard InChI is InChI=1S/C14H19NO4/c1-9(13(16)17)15-8-7-11(14(18)19)12(15)10-5-3-2-4-6-10/h7-10H,2-6H2,1H3,(H,16,17)(H,18,19). The quantitative estimate of drug-likeness (QED) is 0.877. The van der Waals surface area contributed by atoms with E-state index in [0.717, 1.165) is 25.7 Å². The molecule has 0 bridgehead atoms. The van der Waals surface area contributed by atoms with Crippen molar-refractivity contribution in [2.75, 3.05) is 0 Å². The van der Waals surface area contributed by atoms with Crippen molar-refractivity contribution < 1.29 is 19.8 Å². The maximum atomic E-state index is 11.3. The van der Waals surface area contributed by atoms with Crippen LogP contribution in [0.3, 0.4) is 0 Å². The van der Waals surface area contributed by atoms with Gasteiger partial charge in [0.2, 0.25) is 0 Å². The minimum atomic E-state index is -0.975. The molecule has 2 rings (SSSR count). The fourth-order valence-corrected chi connectivity index (χ4v) is 2.90. The number of nitrogens with zero attached hydrogens (tertiary/aromatic N) is 1. The van der Waals surface area contributed by atoms with E-state index >= 15 is 0 Å². The van der Waals surface area contributed by atoms with Crippen molar-refractivity contribution in [1.82, 2.24) is 4.57 Å². The second-order valence-corrected chi connectivity index (χ2v) is 5.18. The zero-order valence-electron chi connectivity index (χ0n) is 11.0. The van der Waals surface area contributed by atoms with Crippen LogP contribution in [0.4, 0.5) is 0 Å². The van der Waals surface area contributed by atoms with Gasteiger partial charge in [-0.3, -0.25) is 0 Å². The summed E-state index contributed by atoms with van der Waals surface area (Å²) in [7, 11) is 0. The normalized spacial score (nSPS) is 18.2. The van der Waals surface area contributed by atoms with Gasteiger partial charge in [-0.15, -0.1) is 0 Å². The molecule has 1 fully saturated rings. The molecule has 104 valence electrons. The molecule has 1 aromatic rings. The van der Waals surface area contributed by atoms with Gasteiger partial charge in [-0.05, 0) is 25.8 Å². The first-order valence-corrected chi connectivity index (χ1v) is 6.69. The Morgan fingerprint density at radius 2 is 1.89 bits per heavy atom. The van der Waals surface area contributed by atoms with Crippen LogP contribution < -0.4 is 0 Å². The van der Waals surface area contributed by atoms with E-state index in [9.17, 15) is 14.7 Å². The van der Waals surface area contributed by atoms with E-state index in [1.165, 1.54) is 12.5 Å². The van der Waals surface area contributed by atoms with E-state index in [2.05, 4.69) is 0 Å². The molecule has 1 atom stereocenters. The highest BCUT2D eigenvalue weighted by Gasteiger charge is 2.28. The number of carboxylic acid groups (broad SMARTS) is 2. The minimum absolute atomic E-state index is 0.164. The lowest BCUT2D eigenvalue weighted by molar-refractivity contribution is -0.140. The predicted octanol–water partition coefficient (Wildman–Crippen LogP) is 2.88. The third-order valence-corrected chi connectivity index (χ3v) is 3.95. The lowest BCUT2D eigenvalue weighted by Crippen LogP contribution is -2.21. The van der Waals surface area contributed by atoms with Gasteiger partial charge in [-0.1, -0.05) is 19.3 Å². The molecule has 1 saturated carbocycles. The molecule has 1 unspecified atom stereocenters. The van der Waals surface area contributed by atoms with Crippen molar-refractivity contribution in [3.63, 3.8) is 0 Å². The summed E-state index contributed by atoms with van der Waals surface area (Å²) in [6.07, 6.45) is 6.81. The molecule has 1 aliphatic carbocycles. The van der Waals surface area contributed by atoms with Crippen LogP contribution in [0, 0.1) is 0 Å². The second kappa shape index (κ2) is 5.47. The van der Waals surface area contributed by atoms with Crippen LogP contribution in [0.2, 0.25) is 0 Å². The van der Waals surface area contributed by atoms with Gasteiger partial charge in [0.05, 0.1) is 5.56 Å². The van der Waals surface area contributed by atoms with Crippen molar-refractivity contribution in [3.8, 4) is 0 Å². The topological polar surface area (TPSA) is 79.5 Å². The summed E-state index contributed by atoms with van der Waals surface area (Å²) in [6.45, 7) is 1.58. The zero-order chi connectivity index (χ0) is 14.0. The van der Waals surface area contributed by atoms with Crippen LogP contribution in [0.5, 0.6) is 0 Å². The van der Waals surface area contributed by atoms with E-state index in [4.69, 9.17) is 5.11 Å². The Balaban J connectivity index is 2.43. The smallest absolute Gasteiger partial charge is 0.337 e. The Hall–Kier alpha value is -1.78. The number of hydrogen-bond acceptors (Lipinski definition) is 2. The SMILES string of the molecule is CC(C(=O)O)n1ccc(C(=O)O)c1C1CCCCC1. The fraction of sp³-hybridized carbons (Fsp3) is 0.571. The van der Waals surface area contributed by atoms with Gasteiger partial charge in [0.1, 0.15) is 6.04 Å². The first-order valence-electron chi connectivity index (χ1n) is 6.69. The average Bonchev–Trinajstić information content (AvgIpc) is 2.83. The number of aromatic carboxylic acids is 1. The Morgan fingerprint density at radius 1 is 1.26 bits per heavy atom.